The zero-order valence-corrected chi connectivity index (χ0v) is 4.98. The summed E-state index contributed by atoms with van der Waals surface area (Å²) in [5, 5.41) is 8.34. The van der Waals surface area contributed by atoms with Crippen LogP contribution in [0.25, 0.3) is 0 Å². The van der Waals surface area contributed by atoms with Crippen LogP contribution in [-0.2, 0) is 4.79 Å². The van der Waals surface area contributed by atoms with Crippen molar-refractivity contribution < 1.29 is 9.90 Å². The van der Waals surface area contributed by atoms with E-state index in [9.17, 15) is 4.79 Å². The molecule has 0 spiro atoms. The normalized spacial score (nSPS) is 17.1. The van der Waals surface area contributed by atoms with E-state index in [2.05, 4.69) is 13.8 Å². The lowest BCUT2D eigenvalue weighted by molar-refractivity contribution is -0.145. The summed E-state index contributed by atoms with van der Waals surface area (Å²) in [5.74, 6) is -0.896. The number of carboxylic acid groups (broad SMARTS) is 1. The molecule has 0 amide bonds. The fourth-order valence-electron chi connectivity index (χ4n) is 0.107. The van der Waals surface area contributed by atoms with E-state index in [0.717, 1.165) is 0 Å². The van der Waals surface area contributed by atoms with Crippen LogP contribution in [0.4, 0.5) is 0 Å². The van der Waals surface area contributed by atoms with Crippen molar-refractivity contribution in [3.8, 4) is 0 Å². The van der Waals surface area contributed by atoms with E-state index in [4.69, 9.17) is 5.11 Å². The summed E-state index contributed by atoms with van der Waals surface area (Å²) in [6.07, 6.45) is 0.322. The van der Waals surface area contributed by atoms with Gasteiger partial charge < -0.3 is 5.11 Å². The molecule has 0 aromatic rings. The van der Waals surface area contributed by atoms with Crippen molar-refractivity contribution in [3.63, 3.8) is 0 Å². The van der Waals surface area contributed by atoms with Crippen LogP contribution in [0.3, 0.4) is 0 Å². The standard InChI is InChI=1S/C6H9O2/c1-4-6(2,3)5(7)8/h1-2,4H2,3H3/q+1/p+1. The molecule has 44 valence electrons. The SMILES string of the molecule is [CH2+]CC([CH2+])(C)C(=O)O. The van der Waals surface area contributed by atoms with Gasteiger partial charge in [0.1, 0.15) is 6.42 Å². The first-order valence-corrected chi connectivity index (χ1v) is 2.38. The van der Waals surface area contributed by atoms with Gasteiger partial charge in [-0.25, -0.2) is 4.79 Å². The summed E-state index contributed by atoms with van der Waals surface area (Å²) >= 11 is 0. The third kappa shape index (κ3) is 1.37. The second kappa shape index (κ2) is 1.99. The molecule has 0 heterocycles. The minimum absolute atomic E-state index is 0.322. The van der Waals surface area contributed by atoms with E-state index in [-0.39, 0.29) is 0 Å². The van der Waals surface area contributed by atoms with Crippen LogP contribution >= 0.6 is 0 Å². The topological polar surface area (TPSA) is 37.3 Å². The molecule has 0 aromatic heterocycles. The third-order valence-corrected chi connectivity index (χ3v) is 1.07. The van der Waals surface area contributed by atoms with Gasteiger partial charge in [-0.2, -0.15) is 0 Å². The molecule has 0 fully saturated rings. The van der Waals surface area contributed by atoms with Crippen LogP contribution in [0, 0.1) is 19.3 Å². The van der Waals surface area contributed by atoms with Crippen LogP contribution in [0.15, 0.2) is 0 Å². The van der Waals surface area contributed by atoms with E-state index < -0.39 is 11.4 Å². The molecule has 8 heavy (non-hydrogen) atoms. The molecule has 0 saturated carbocycles. The lowest BCUT2D eigenvalue weighted by Gasteiger charge is -2.02. The van der Waals surface area contributed by atoms with Crippen molar-refractivity contribution in [2.24, 2.45) is 5.41 Å². The van der Waals surface area contributed by atoms with Crippen LogP contribution in [0.2, 0.25) is 0 Å². The van der Waals surface area contributed by atoms with Crippen LogP contribution in [0.1, 0.15) is 13.3 Å². The highest BCUT2D eigenvalue weighted by atomic mass is 16.4. The molecule has 0 aliphatic heterocycles. The highest BCUT2D eigenvalue weighted by Gasteiger charge is 2.36. The molecule has 2 nitrogen and oxygen atoms in total. The van der Waals surface area contributed by atoms with Gasteiger partial charge >= 0.3 is 5.97 Å². The van der Waals surface area contributed by atoms with Gasteiger partial charge in [-0.1, -0.05) is 0 Å². The molecular weight excluding hydrogens is 104 g/mol. The van der Waals surface area contributed by atoms with Crippen molar-refractivity contribution in [1.29, 1.82) is 0 Å². The Bertz CT molecular complexity index is 94.7. The first-order chi connectivity index (χ1) is 3.50. The lowest BCUT2D eigenvalue weighted by Crippen LogP contribution is -2.22. The molecule has 0 rings (SSSR count). The van der Waals surface area contributed by atoms with Crippen LogP contribution < -0.4 is 0 Å². The Kier molecular flexibility index (Phi) is 1.79. The third-order valence-electron chi connectivity index (χ3n) is 1.07. The van der Waals surface area contributed by atoms with Crippen molar-refractivity contribution in [3.05, 3.63) is 13.8 Å². The largest absolute Gasteiger partial charge is 0.478 e. The summed E-state index contributed by atoms with van der Waals surface area (Å²) in [5.41, 5.74) is -0.903. The Hall–Kier alpha value is -0.790. The first-order valence-electron chi connectivity index (χ1n) is 2.38. The van der Waals surface area contributed by atoms with Gasteiger partial charge in [0.05, 0.1) is 13.8 Å². The van der Waals surface area contributed by atoms with Crippen LogP contribution in [0.5, 0.6) is 0 Å². The molecule has 0 bridgehead atoms. The average Bonchev–Trinajstić information content (AvgIpc) is 1.67. The van der Waals surface area contributed by atoms with Gasteiger partial charge in [-0.3, -0.25) is 0 Å². The molecule has 1 atom stereocenters. The van der Waals surface area contributed by atoms with E-state index >= 15 is 0 Å². The Labute approximate surface area is 49.5 Å². The molecule has 1 N–H and O–H groups in total. The smallest absolute Gasteiger partial charge is 0.359 e. The van der Waals surface area contributed by atoms with Crippen molar-refractivity contribution in [1.82, 2.24) is 0 Å². The van der Waals surface area contributed by atoms with Crippen LogP contribution in [-0.4, -0.2) is 11.1 Å². The van der Waals surface area contributed by atoms with Gasteiger partial charge in [0.15, 0.2) is 0 Å². The van der Waals surface area contributed by atoms with Crippen molar-refractivity contribution in [2.75, 3.05) is 0 Å². The van der Waals surface area contributed by atoms with E-state index in [1.807, 2.05) is 0 Å². The van der Waals surface area contributed by atoms with E-state index in [1.54, 1.807) is 6.92 Å². The molecule has 1 unspecified atom stereocenters. The number of carboxylic acids is 1. The highest BCUT2D eigenvalue weighted by Crippen LogP contribution is 2.17. The lowest BCUT2D eigenvalue weighted by atomic mass is 9.91. The maximum Gasteiger partial charge on any atom is 0.359 e. The fraction of sp³-hybridized carbons (Fsp3) is 0.500. The summed E-state index contributed by atoms with van der Waals surface area (Å²) in [7, 11) is 0. The van der Waals surface area contributed by atoms with E-state index in [1.165, 1.54) is 0 Å². The average molecular weight is 114 g/mol. The van der Waals surface area contributed by atoms with Gasteiger partial charge in [-0.15, -0.1) is 0 Å². The minimum Gasteiger partial charge on any atom is -0.478 e. The maximum absolute atomic E-state index is 10.1. The quantitative estimate of drug-likeness (QED) is 0.546. The van der Waals surface area contributed by atoms with E-state index in [0.29, 0.717) is 6.42 Å². The summed E-state index contributed by atoms with van der Waals surface area (Å²) in [6, 6.07) is 0. The number of rotatable bonds is 2. The Morgan fingerprint density at radius 2 is 2.25 bits per heavy atom. The number of aliphatic carboxylic acids is 1. The monoisotopic (exact) mass is 114 g/mol. The number of hydrogen-bond acceptors (Lipinski definition) is 1. The molecule has 0 aliphatic rings. The Balaban J connectivity index is 3.91. The predicted molar refractivity (Wildman–Crippen MR) is 31.1 cm³/mol. The predicted octanol–water partition coefficient (Wildman–Crippen LogP) is 1.14. The zero-order valence-electron chi connectivity index (χ0n) is 4.98. The highest BCUT2D eigenvalue weighted by molar-refractivity contribution is 5.74. The van der Waals surface area contributed by atoms with Crippen molar-refractivity contribution in [2.45, 2.75) is 13.3 Å². The van der Waals surface area contributed by atoms with Gasteiger partial charge in [0.2, 0.25) is 5.41 Å². The first kappa shape index (κ1) is 7.21. The maximum atomic E-state index is 10.1. The molecule has 2 heteroatoms. The minimum atomic E-state index is -0.903. The fourth-order valence-corrected chi connectivity index (χ4v) is 0.107. The molecule has 0 saturated heterocycles. The number of carbonyl (C=O) groups is 1. The van der Waals surface area contributed by atoms with Gasteiger partial charge in [0, 0.05) is 0 Å². The molecule has 0 aliphatic carbocycles. The Morgan fingerprint density at radius 3 is 2.25 bits per heavy atom. The Morgan fingerprint density at radius 1 is 1.88 bits per heavy atom. The summed E-state index contributed by atoms with van der Waals surface area (Å²) in [6.45, 7) is 8.41. The molecule has 0 aromatic carbocycles. The second-order valence-electron chi connectivity index (χ2n) is 2.12. The summed E-state index contributed by atoms with van der Waals surface area (Å²) in [4.78, 5) is 10.1. The summed E-state index contributed by atoms with van der Waals surface area (Å²) < 4.78 is 0. The van der Waals surface area contributed by atoms with Gasteiger partial charge in [0.25, 0.3) is 0 Å². The second-order valence-corrected chi connectivity index (χ2v) is 2.12. The number of hydrogen-bond donors (Lipinski definition) is 1. The molecule has 0 radical (unpaired) electrons. The van der Waals surface area contributed by atoms with Gasteiger partial charge in [-0.05, 0) is 6.92 Å². The molecular formula is C6H10O2+2. The zero-order chi connectivity index (χ0) is 6.78. The van der Waals surface area contributed by atoms with Crippen molar-refractivity contribution >= 4 is 5.97 Å².